The standard InChI is InChI=1S/C35H26N2S/c1-2-10-22(11-3-1)32-33(36-34-29-16-8-9-17-31(29)38-35(34)37-32)28-19-18-25-20-23-12-4-5-13-24(23)21-30(25)27-15-7-6-14-26(27)28/h1-17,20-21,28,33,36H,18-19H2. The molecule has 2 atom stereocenters. The highest BCUT2D eigenvalue weighted by Crippen LogP contribution is 2.49. The quantitative estimate of drug-likeness (QED) is 0.249. The molecular weight excluding hydrogens is 480 g/mol. The van der Waals surface area contributed by atoms with E-state index in [2.05, 4.69) is 121 Å². The van der Waals surface area contributed by atoms with Crippen molar-refractivity contribution in [1.82, 2.24) is 0 Å². The molecule has 0 radical (unpaired) electrons. The first-order chi connectivity index (χ1) is 18.8. The normalized spacial score (nSPS) is 18.2. The van der Waals surface area contributed by atoms with Gasteiger partial charge in [-0.3, -0.25) is 0 Å². The van der Waals surface area contributed by atoms with Gasteiger partial charge in [-0.1, -0.05) is 103 Å². The van der Waals surface area contributed by atoms with E-state index in [1.54, 1.807) is 11.3 Å². The van der Waals surface area contributed by atoms with Crippen molar-refractivity contribution in [1.29, 1.82) is 0 Å². The Kier molecular flexibility index (Phi) is 4.99. The van der Waals surface area contributed by atoms with Gasteiger partial charge >= 0.3 is 0 Å². The third kappa shape index (κ3) is 3.43. The molecule has 0 saturated carbocycles. The SMILES string of the molecule is c1ccc(C2=Nc3sc4ccccc4c3NC2C2CCc3cc4ccccc4cc3-c3ccccc32)cc1. The van der Waals surface area contributed by atoms with Gasteiger partial charge in [0.2, 0.25) is 0 Å². The van der Waals surface area contributed by atoms with E-state index in [0.29, 0.717) is 0 Å². The van der Waals surface area contributed by atoms with Crippen LogP contribution in [0.2, 0.25) is 0 Å². The number of nitrogens with zero attached hydrogens (tertiary/aromatic N) is 1. The predicted octanol–water partition coefficient (Wildman–Crippen LogP) is 9.37. The summed E-state index contributed by atoms with van der Waals surface area (Å²) >= 11 is 1.78. The average molecular weight is 507 g/mol. The fourth-order valence-electron chi connectivity index (χ4n) is 6.42. The van der Waals surface area contributed by atoms with E-state index in [1.807, 2.05) is 0 Å². The third-order valence-electron chi connectivity index (χ3n) is 8.21. The zero-order valence-electron chi connectivity index (χ0n) is 20.9. The summed E-state index contributed by atoms with van der Waals surface area (Å²) in [6, 6.07) is 42.1. The fourth-order valence-corrected chi connectivity index (χ4v) is 7.47. The van der Waals surface area contributed by atoms with E-state index in [0.717, 1.165) is 23.6 Å². The topological polar surface area (TPSA) is 24.4 Å². The second-order valence-electron chi connectivity index (χ2n) is 10.4. The highest BCUT2D eigenvalue weighted by Gasteiger charge is 2.36. The van der Waals surface area contributed by atoms with Gasteiger partial charge < -0.3 is 5.32 Å². The Hall–Kier alpha value is -4.21. The summed E-state index contributed by atoms with van der Waals surface area (Å²) in [6.07, 6.45) is 2.10. The maximum atomic E-state index is 5.38. The van der Waals surface area contributed by atoms with Crippen LogP contribution in [0.25, 0.3) is 32.0 Å². The lowest BCUT2D eigenvalue weighted by atomic mass is 9.81. The number of fused-ring (bicyclic) bond motifs is 7. The van der Waals surface area contributed by atoms with Gasteiger partial charge in [-0.2, -0.15) is 0 Å². The number of aryl methyl sites for hydroxylation is 1. The predicted molar refractivity (Wildman–Crippen MR) is 162 cm³/mol. The molecule has 0 bridgehead atoms. The van der Waals surface area contributed by atoms with Crippen LogP contribution in [0, 0.1) is 0 Å². The monoisotopic (exact) mass is 506 g/mol. The summed E-state index contributed by atoms with van der Waals surface area (Å²) in [5.74, 6) is 0.285. The first-order valence-corrected chi connectivity index (χ1v) is 14.2. The zero-order chi connectivity index (χ0) is 25.1. The lowest BCUT2D eigenvalue weighted by Gasteiger charge is -2.33. The first kappa shape index (κ1) is 21.8. The van der Waals surface area contributed by atoms with Gasteiger partial charge in [0.15, 0.2) is 0 Å². The molecule has 0 saturated heterocycles. The van der Waals surface area contributed by atoms with Crippen molar-refractivity contribution in [3.8, 4) is 11.1 Å². The number of hydrogen-bond acceptors (Lipinski definition) is 3. The van der Waals surface area contributed by atoms with Crippen LogP contribution in [0.3, 0.4) is 0 Å². The van der Waals surface area contributed by atoms with Crippen molar-refractivity contribution in [3.63, 3.8) is 0 Å². The summed E-state index contributed by atoms with van der Waals surface area (Å²) in [5.41, 5.74) is 9.09. The summed E-state index contributed by atoms with van der Waals surface area (Å²) < 4.78 is 1.28. The molecule has 3 heteroatoms. The Morgan fingerprint density at radius 2 is 1.45 bits per heavy atom. The number of aliphatic imine (C=N–C) groups is 1. The van der Waals surface area contributed by atoms with Crippen LogP contribution in [-0.4, -0.2) is 11.8 Å². The van der Waals surface area contributed by atoms with Gasteiger partial charge in [0, 0.05) is 16.0 Å². The number of nitrogens with one attached hydrogen (secondary N) is 1. The number of thiophene rings is 1. The number of rotatable bonds is 2. The molecule has 6 aromatic rings. The highest BCUT2D eigenvalue weighted by molar-refractivity contribution is 7.23. The molecule has 1 aliphatic heterocycles. The number of hydrogen-bond donors (Lipinski definition) is 1. The molecule has 182 valence electrons. The molecule has 0 amide bonds. The largest absolute Gasteiger partial charge is 0.373 e. The Morgan fingerprint density at radius 3 is 2.34 bits per heavy atom. The molecule has 1 N–H and O–H groups in total. The van der Waals surface area contributed by atoms with E-state index < -0.39 is 0 Å². The molecule has 8 rings (SSSR count). The minimum Gasteiger partial charge on any atom is -0.373 e. The Labute approximate surface area is 226 Å². The van der Waals surface area contributed by atoms with Crippen LogP contribution >= 0.6 is 11.3 Å². The Balaban J connectivity index is 1.32. The van der Waals surface area contributed by atoms with E-state index in [1.165, 1.54) is 54.4 Å². The van der Waals surface area contributed by atoms with E-state index in [-0.39, 0.29) is 12.0 Å². The average Bonchev–Trinajstić information content (AvgIpc) is 3.26. The van der Waals surface area contributed by atoms with Crippen LogP contribution in [0.5, 0.6) is 0 Å². The van der Waals surface area contributed by atoms with Crippen molar-refractivity contribution in [2.24, 2.45) is 4.99 Å². The Bertz CT molecular complexity index is 1860. The molecule has 2 nitrogen and oxygen atoms in total. The van der Waals surface area contributed by atoms with Crippen molar-refractivity contribution >= 4 is 48.6 Å². The number of benzene rings is 5. The van der Waals surface area contributed by atoms with Crippen LogP contribution < -0.4 is 5.32 Å². The minimum absolute atomic E-state index is 0.0767. The van der Waals surface area contributed by atoms with E-state index in [9.17, 15) is 0 Å². The molecule has 0 fully saturated rings. The van der Waals surface area contributed by atoms with Crippen molar-refractivity contribution in [2.45, 2.75) is 24.8 Å². The number of anilines is 1. The molecule has 2 aliphatic rings. The maximum absolute atomic E-state index is 5.38. The van der Waals surface area contributed by atoms with Crippen molar-refractivity contribution in [3.05, 3.63) is 132 Å². The highest BCUT2D eigenvalue weighted by atomic mass is 32.1. The van der Waals surface area contributed by atoms with Gasteiger partial charge in [-0.15, -0.1) is 11.3 Å². The summed E-state index contributed by atoms with van der Waals surface area (Å²) in [5, 5.41) is 9.02. The lowest BCUT2D eigenvalue weighted by Crippen LogP contribution is -2.38. The smallest absolute Gasteiger partial charge is 0.140 e. The second kappa shape index (κ2) is 8.68. The second-order valence-corrected chi connectivity index (χ2v) is 11.4. The van der Waals surface area contributed by atoms with Crippen molar-refractivity contribution in [2.75, 3.05) is 5.32 Å². The maximum Gasteiger partial charge on any atom is 0.140 e. The van der Waals surface area contributed by atoms with Crippen LogP contribution in [-0.2, 0) is 6.42 Å². The van der Waals surface area contributed by atoms with Gasteiger partial charge in [-0.05, 0) is 63.6 Å². The molecular formula is C35H26N2S. The van der Waals surface area contributed by atoms with Gasteiger partial charge in [0.1, 0.15) is 5.00 Å². The molecule has 1 aromatic heterocycles. The van der Waals surface area contributed by atoms with Crippen LogP contribution in [0.15, 0.2) is 120 Å². The van der Waals surface area contributed by atoms with E-state index >= 15 is 0 Å². The van der Waals surface area contributed by atoms with Crippen LogP contribution in [0.1, 0.15) is 29.0 Å². The minimum atomic E-state index is 0.0767. The molecule has 2 heterocycles. The zero-order valence-corrected chi connectivity index (χ0v) is 21.7. The Morgan fingerprint density at radius 1 is 0.711 bits per heavy atom. The fraction of sp³-hybridized carbons (Fsp3) is 0.114. The van der Waals surface area contributed by atoms with Crippen LogP contribution in [0.4, 0.5) is 10.7 Å². The summed E-state index contributed by atoms with van der Waals surface area (Å²) in [6.45, 7) is 0. The molecule has 5 aromatic carbocycles. The molecule has 0 spiro atoms. The summed E-state index contributed by atoms with van der Waals surface area (Å²) in [7, 11) is 0. The molecule has 2 unspecified atom stereocenters. The molecule has 1 aliphatic carbocycles. The lowest BCUT2D eigenvalue weighted by molar-refractivity contribution is 0.611. The summed E-state index contributed by atoms with van der Waals surface area (Å²) in [4.78, 5) is 5.38. The van der Waals surface area contributed by atoms with E-state index in [4.69, 9.17) is 4.99 Å². The first-order valence-electron chi connectivity index (χ1n) is 13.4. The van der Waals surface area contributed by atoms with Gasteiger partial charge in [0.05, 0.1) is 17.4 Å². The van der Waals surface area contributed by atoms with Crippen molar-refractivity contribution < 1.29 is 0 Å². The molecule has 38 heavy (non-hydrogen) atoms. The van der Waals surface area contributed by atoms with Gasteiger partial charge in [-0.25, -0.2) is 4.99 Å². The third-order valence-corrected chi connectivity index (χ3v) is 9.28. The van der Waals surface area contributed by atoms with Gasteiger partial charge in [0.25, 0.3) is 0 Å².